The Kier molecular flexibility index (Phi) is 6.27. The van der Waals surface area contributed by atoms with E-state index in [9.17, 15) is 4.79 Å². The minimum atomic E-state index is -0.122. The van der Waals surface area contributed by atoms with E-state index in [1.165, 1.54) is 17.7 Å². The van der Waals surface area contributed by atoms with E-state index in [1.807, 2.05) is 66.7 Å². The highest BCUT2D eigenvalue weighted by molar-refractivity contribution is 5.78. The fourth-order valence-corrected chi connectivity index (χ4v) is 3.97. The van der Waals surface area contributed by atoms with Crippen LogP contribution in [0.2, 0.25) is 0 Å². The number of nitrogens with one attached hydrogen (secondary N) is 2. The molecule has 0 bridgehead atoms. The average molecular weight is 391 g/mol. The largest absolute Gasteiger partial charge is 0.483 e. The maximum atomic E-state index is 12.5. The van der Waals surface area contributed by atoms with Crippen LogP contribution in [0.5, 0.6) is 5.75 Å². The van der Waals surface area contributed by atoms with Gasteiger partial charge in [-0.1, -0.05) is 48.5 Å². The molecule has 1 aromatic heterocycles. The van der Waals surface area contributed by atoms with Crippen LogP contribution >= 0.6 is 0 Å². The molecule has 0 saturated carbocycles. The maximum Gasteiger partial charge on any atom is 0.258 e. The number of para-hydroxylation sites is 1. The van der Waals surface area contributed by atoms with Gasteiger partial charge in [-0.2, -0.15) is 0 Å². The molecule has 29 heavy (non-hydrogen) atoms. The number of amides is 1. The molecule has 2 aromatic carbocycles. The van der Waals surface area contributed by atoms with Crippen molar-refractivity contribution in [1.29, 1.82) is 0 Å². The molecule has 1 atom stereocenters. The molecule has 2 heterocycles. The maximum absolute atomic E-state index is 12.5. The van der Waals surface area contributed by atoms with Crippen LogP contribution in [0.25, 0.3) is 11.1 Å². The normalized spacial score (nSPS) is 15.2. The molecule has 3 aromatic rings. The van der Waals surface area contributed by atoms with E-state index >= 15 is 0 Å². The van der Waals surface area contributed by atoms with E-state index in [0.717, 1.165) is 30.0 Å². The molecular weight excluding hydrogens is 364 g/mol. The van der Waals surface area contributed by atoms with Gasteiger partial charge >= 0.3 is 0 Å². The summed E-state index contributed by atoms with van der Waals surface area (Å²) >= 11 is 0. The molecule has 1 aliphatic heterocycles. The lowest BCUT2D eigenvalue weighted by molar-refractivity contribution is -0.919. The smallest absolute Gasteiger partial charge is 0.258 e. The first-order valence-corrected chi connectivity index (χ1v) is 10.2. The van der Waals surface area contributed by atoms with Crippen LogP contribution in [-0.2, 0) is 4.79 Å². The number of likely N-dealkylation sites (tertiary alicyclic amines) is 1. The number of hydrogen-bond acceptors (Lipinski definition) is 3. The van der Waals surface area contributed by atoms with Gasteiger partial charge in [-0.05, 0) is 23.8 Å². The standard InChI is InChI=1S/C24H26N2O3/c27-24(25-17-21(23-13-8-16-28-23)26-14-6-7-15-26)18-29-22-12-5-4-11-20(22)19-9-2-1-3-10-19/h1-5,8-13,16,21H,6-7,14-15,17-18H2,(H,25,27)/p+1/t21-/m0/s1. The van der Waals surface area contributed by atoms with Gasteiger partial charge in [-0.3, -0.25) is 4.79 Å². The van der Waals surface area contributed by atoms with Crippen LogP contribution in [-0.4, -0.2) is 32.1 Å². The van der Waals surface area contributed by atoms with Crippen LogP contribution in [0, 0.1) is 0 Å². The van der Waals surface area contributed by atoms with Crippen molar-refractivity contribution in [3.63, 3.8) is 0 Å². The van der Waals surface area contributed by atoms with Crippen molar-refractivity contribution in [3.05, 3.63) is 78.8 Å². The van der Waals surface area contributed by atoms with Crippen LogP contribution in [0.3, 0.4) is 0 Å². The van der Waals surface area contributed by atoms with Crippen molar-refractivity contribution in [3.8, 4) is 16.9 Å². The lowest BCUT2D eigenvalue weighted by atomic mass is 10.1. The van der Waals surface area contributed by atoms with Crippen molar-refractivity contribution in [1.82, 2.24) is 5.32 Å². The lowest BCUT2D eigenvalue weighted by Crippen LogP contribution is -3.11. The predicted molar refractivity (Wildman–Crippen MR) is 112 cm³/mol. The van der Waals surface area contributed by atoms with Crippen molar-refractivity contribution >= 4 is 5.91 Å². The molecule has 1 amide bonds. The third kappa shape index (κ3) is 4.87. The van der Waals surface area contributed by atoms with Gasteiger partial charge in [-0.25, -0.2) is 0 Å². The first kappa shape index (κ1) is 19.3. The molecule has 5 nitrogen and oxygen atoms in total. The molecule has 5 heteroatoms. The highest BCUT2D eigenvalue weighted by atomic mass is 16.5. The minimum Gasteiger partial charge on any atom is -0.483 e. The number of hydrogen-bond donors (Lipinski definition) is 2. The van der Waals surface area contributed by atoms with E-state index in [1.54, 1.807) is 6.26 Å². The van der Waals surface area contributed by atoms with Gasteiger partial charge in [0.05, 0.1) is 25.9 Å². The molecule has 2 N–H and O–H groups in total. The van der Waals surface area contributed by atoms with E-state index in [0.29, 0.717) is 12.3 Å². The summed E-state index contributed by atoms with van der Waals surface area (Å²) < 4.78 is 11.5. The quantitative estimate of drug-likeness (QED) is 0.621. The van der Waals surface area contributed by atoms with Gasteiger partial charge in [0.1, 0.15) is 5.75 Å². The van der Waals surface area contributed by atoms with Gasteiger partial charge in [0, 0.05) is 18.4 Å². The average Bonchev–Trinajstić information content (AvgIpc) is 3.48. The first-order valence-electron chi connectivity index (χ1n) is 10.2. The Morgan fingerprint density at radius 1 is 1.00 bits per heavy atom. The monoisotopic (exact) mass is 391 g/mol. The van der Waals surface area contributed by atoms with Gasteiger partial charge in [0.25, 0.3) is 5.91 Å². The van der Waals surface area contributed by atoms with Crippen molar-refractivity contribution in [2.24, 2.45) is 0 Å². The summed E-state index contributed by atoms with van der Waals surface area (Å²) in [4.78, 5) is 13.9. The topological polar surface area (TPSA) is 55.9 Å². The Morgan fingerprint density at radius 3 is 2.52 bits per heavy atom. The molecule has 0 unspecified atom stereocenters. The van der Waals surface area contributed by atoms with Gasteiger partial charge in [-0.15, -0.1) is 0 Å². The molecule has 150 valence electrons. The minimum absolute atomic E-state index is 0.00987. The highest BCUT2D eigenvalue weighted by Gasteiger charge is 2.29. The summed E-state index contributed by atoms with van der Waals surface area (Å²) in [7, 11) is 0. The number of benzene rings is 2. The molecule has 0 spiro atoms. The van der Waals surface area contributed by atoms with Crippen LogP contribution in [0.4, 0.5) is 0 Å². The third-order valence-electron chi connectivity index (χ3n) is 5.46. The zero-order valence-corrected chi connectivity index (χ0v) is 16.5. The summed E-state index contributed by atoms with van der Waals surface area (Å²) in [5.74, 6) is 1.52. The molecule has 0 aliphatic carbocycles. The first-order chi connectivity index (χ1) is 14.3. The summed E-state index contributed by atoms with van der Waals surface area (Å²) in [6.07, 6.45) is 4.14. The Labute approximate surface area is 171 Å². The fraction of sp³-hybridized carbons (Fsp3) is 0.292. The Bertz CT molecular complexity index is 903. The summed E-state index contributed by atoms with van der Waals surface area (Å²) in [6, 6.07) is 21.9. The van der Waals surface area contributed by atoms with E-state index in [2.05, 4.69) is 5.32 Å². The van der Waals surface area contributed by atoms with Crippen LogP contribution in [0.15, 0.2) is 77.4 Å². The molecular formula is C24H27N2O3+. The van der Waals surface area contributed by atoms with Crippen molar-refractivity contribution in [2.45, 2.75) is 18.9 Å². The highest BCUT2D eigenvalue weighted by Crippen LogP contribution is 2.29. The summed E-state index contributed by atoms with van der Waals surface area (Å²) in [5, 5.41) is 3.03. The van der Waals surface area contributed by atoms with Crippen molar-refractivity contribution in [2.75, 3.05) is 26.2 Å². The summed E-state index contributed by atoms with van der Waals surface area (Å²) in [6.45, 7) is 2.76. The fourth-order valence-electron chi connectivity index (χ4n) is 3.97. The van der Waals surface area contributed by atoms with Crippen LogP contribution in [0.1, 0.15) is 24.6 Å². The SMILES string of the molecule is O=C(COc1ccccc1-c1ccccc1)NC[C@@H](c1ccco1)[NH+]1CCCC1. The molecule has 4 rings (SSSR count). The molecule has 1 saturated heterocycles. The second-order valence-corrected chi connectivity index (χ2v) is 7.39. The molecule has 0 radical (unpaired) electrons. The zero-order valence-electron chi connectivity index (χ0n) is 16.5. The number of furan rings is 1. The number of ether oxygens (including phenoxy) is 1. The Morgan fingerprint density at radius 2 is 1.76 bits per heavy atom. The third-order valence-corrected chi connectivity index (χ3v) is 5.46. The molecule has 1 aliphatic rings. The second-order valence-electron chi connectivity index (χ2n) is 7.39. The summed E-state index contributed by atoms with van der Waals surface area (Å²) in [5.41, 5.74) is 2.05. The van der Waals surface area contributed by atoms with Gasteiger partial charge in [0.15, 0.2) is 18.4 Å². The number of rotatable bonds is 8. The van der Waals surface area contributed by atoms with Crippen LogP contribution < -0.4 is 15.0 Å². The van der Waals surface area contributed by atoms with E-state index < -0.39 is 0 Å². The number of carbonyl (C=O) groups excluding carboxylic acids is 1. The van der Waals surface area contributed by atoms with Crippen molar-refractivity contribution < 1.29 is 18.8 Å². The Balaban J connectivity index is 1.36. The number of quaternary nitrogens is 1. The van der Waals surface area contributed by atoms with E-state index in [4.69, 9.17) is 9.15 Å². The second kappa shape index (κ2) is 9.43. The zero-order chi connectivity index (χ0) is 19.9. The number of carbonyl (C=O) groups is 1. The molecule has 1 fully saturated rings. The lowest BCUT2D eigenvalue weighted by Gasteiger charge is -2.23. The van der Waals surface area contributed by atoms with Gasteiger partial charge in [0.2, 0.25) is 0 Å². The predicted octanol–water partition coefficient (Wildman–Crippen LogP) is 2.86. The van der Waals surface area contributed by atoms with Gasteiger partial charge < -0.3 is 19.4 Å². The van der Waals surface area contributed by atoms with E-state index in [-0.39, 0.29) is 18.6 Å². The Hall–Kier alpha value is -3.05.